The van der Waals surface area contributed by atoms with Crippen LogP contribution in [0.25, 0.3) is 9.40 Å². The first-order valence-corrected chi connectivity index (χ1v) is 4.84. The second-order valence-corrected chi connectivity index (χ2v) is 4.45. The van der Waals surface area contributed by atoms with Gasteiger partial charge in [-0.05, 0) is 0 Å². The Labute approximate surface area is 79.4 Å². The lowest BCUT2D eigenvalue weighted by atomic mass is 10.4. The van der Waals surface area contributed by atoms with Crippen LogP contribution in [0.15, 0.2) is 17.2 Å². The van der Waals surface area contributed by atoms with Crippen LogP contribution in [0, 0.1) is 10.1 Å². The number of nitrogens with zero attached hydrogens (tertiary/aromatic N) is 2. The quantitative estimate of drug-likeness (QED) is 0.534. The van der Waals surface area contributed by atoms with Gasteiger partial charge in [-0.15, -0.1) is 0 Å². The summed E-state index contributed by atoms with van der Waals surface area (Å²) in [5, 5.41) is 10.5. The van der Waals surface area contributed by atoms with E-state index < -0.39 is 4.92 Å². The van der Waals surface area contributed by atoms with Gasteiger partial charge < -0.3 is 0 Å². The molecule has 0 amide bonds. The van der Waals surface area contributed by atoms with Gasteiger partial charge in [0, 0.05) is 6.20 Å². The van der Waals surface area contributed by atoms with Crippen molar-refractivity contribution in [3.8, 4) is 0 Å². The third kappa shape index (κ3) is 1.31. The highest BCUT2D eigenvalue weighted by Gasteiger charge is 2.14. The van der Waals surface area contributed by atoms with E-state index in [0.29, 0.717) is 9.40 Å². The molecule has 13 heavy (non-hydrogen) atoms. The molecule has 0 bridgehead atoms. The predicted molar refractivity (Wildman–Crippen MR) is 50.4 cm³/mol. The van der Waals surface area contributed by atoms with Gasteiger partial charge in [-0.3, -0.25) is 19.9 Å². The number of pyridine rings is 1. The van der Waals surface area contributed by atoms with Crippen LogP contribution in [0.5, 0.6) is 0 Å². The highest BCUT2D eigenvalue weighted by atomic mass is 32.2. The lowest BCUT2D eigenvalue weighted by Gasteiger charge is -1.89. The van der Waals surface area contributed by atoms with Crippen molar-refractivity contribution in [2.24, 2.45) is 0 Å². The Morgan fingerprint density at radius 3 is 2.85 bits per heavy atom. The van der Waals surface area contributed by atoms with Crippen LogP contribution in [-0.4, -0.2) is 9.91 Å². The summed E-state index contributed by atoms with van der Waals surface area (Å²) in [7, 11) is 0. The van der Waals surface area contributed by atoms with E-state index in [1.807, 2.05) is 0 Å². The molecule has 5 nitrogen and oxygen atoms in total. The van der Waals surface area contributed by atoms with Crippen molar-refractivity contribution in [1.29, 1.82) is 0 Å². The summed E-state index contributed by atoms with van der Waals surface area (Å²) in [5.41, 5.74) is -0.0964. The van der Waals surface area contributed by atoms with Gasteiger partial charge in [-0.1, -0.05) is 22.7 Å². The van der Waals surface area contributed by atoms with E-state index in [1.165, 1.54) is 6.20 Å². The fraction of sp³-hybridized carbons (Fsp3) is 0. The summed E-state index contributed by atoms with van der Waals surface area (Å²) < 4.78 is 0.838. The lowest BCUT2D eigenvalue weighted by molar-refractivity contribution is -0.383. The molecule has 0 aliphatic rings. The second-order valence-electron chi connectivity index (χ2n) is 2.20. The van der Waals surface area contributed by atoms with Crippen molar-refractivity contribution in [3.63, 3.8) is 0 Å². The second kappa shape index (κ2) is 2.86. The first kappa shape index (κ1) is 8.27. The molecule has 2 aromatic rings. The standard InChI is InChI=1S/C6H2N2O3S2/c9-6-12-4-2-7-1-3(8(10)11)5(4)13-6/h1-2H. The first-order valence-electron chi connectivity index (χ1n) is 3.20. The van der Waals surface area contributed by atoms with Crippen molar-refractivity contribution in [1.82, 2.24) is 4.98 Å². The van der Waals surface area contributed by atoms with E-state index in [1.54, 1.807) is 0 Å². The third-order valence-electron chi connectivity index (χ3n) is 1.42. The van der Waals surface area contributed by atoms with Crippen LogP contribution < -0.4 is 4.06 Å². The van der Waals surface area contributed by atoms with Crippen molar-refractivity contribution in [3.05, 3.63) is 31.4 Å². The third-order valence-corrected chi connectivity index (χ3v) is 3.55. The van der Waals surface area contributed by atoms with Gasteiger partial charge in [-0.25, -0.2) is 0 Å². The van der Waals surface area contributed by atoms with E-state index in [9.17, 15) is 14.9 Å². The number of hydrogen-bond acceptors (Lipinski definition) is 6. The molecule has 0 radical (unpaired) electrons. The Bertz CT molecular complexity index is 530. The van der Waals surface area contributed by atoms with Crippen molar-refractivity contribution >= 4 is 37.8 Å². The molecule has 2 heterocycles. The maximum absolute atomic E-state index is 11.0. The molecule has 0 saturated heterocycles. The van der Waals surface area contributed by atoms with E-state index in [-0.39, 0.29) is 9.74 Å². The molecule has 7 heteroatoms. The molecule has 0 unspecified atom stereocenters. The maximum Gasteiger partial charge on any atom is 0.306 e. The Hall–Kier alpha value is -1.34. The SMILES string of the molecule is O=c1sc2cncc([N+](=O)[O-])c2s1. The number of nitro groups is 1. The van der Waals surface area contributed by atoms with Gasteiger partial charge in [0.25, 0.3) is 4.06 Å². The van der Waals surface area contributed by atoms with E-state index >= 15 is 0 Å². The van der Waals surface area contributed by atoms with Crippen LogP contribution in [0.2, 0.25) is 0 Å². The van der Waals surface area contributed by atoms with Crippen LogP contribution in [-0.2, 0) is 0 Å². The first-order chi connectivity index (χ1) is 6.18. The highest BCUT2D eigenvalue weighted by Crippen LogP contribution is 2.28. The van der Waals surface area contributed by atoms with Gasteiger partial charge >= 0.3 is 5.69 Å². The molecule has 0 N–H and O–H groups in total. The molecule has 2 aromatic heterocycles. The normalized spacial score (nSPS) is 10.5. The van der Waals surface area contributed by atoms with E-state index in [4.69, 9.17) is 0 Å². The predicted octanol–water partition coefficient (Wildman–Crippen LogP) is 1.63. The summed E-state index contributed by atoms with van der Waals surface area (Å²) in [6.45, 7) is 0. The fourth-order valence-electron chi connectivity index (χ4n) is 0.918. The van der Waals surface area contributed by atoms with E-state index in [2.05, 4.69) is 4.98 Å². The zero-order chi connectivity index (χ0) is 9.42. The largest absolute Gasteiger partial charge is 0.306 e. The van der Waals surface area contributed by atoms with Crippen molar-refractivity contribution in [2.75, 3.05) is 0 Å². The summed E-state index contributed by atoms with van der Waals surface area (Å²) >= 11 is 1.87. The molecule has 0 aliphatic carbocycles. The smallest absolute Gasteiger partial charge is 0.265 e. The molecule has 0 aromatic carbocycles. The molecule has 2 rings (SSSR count). The Kier molecular flexibility index (Phi) is 1.82. The van der Waals surface area contributed by atoms with Crippen LogP contribution in [0.3, 0.4) is 0 Å². The molecule has 0 fully saturated rings. The number of aromatic nitrogens is 1. The molecule has 0 atom stereocenters. The Morgan fingerprint density at radius 1 is 1.38 bits per heavy atom. The van der Waals surface area contributed by atoms with Crippen molar-refractivity contribution < 1.29 is 4.92 Å². The van der Waals surface area contributed by atoms with Crippen LogP contribution in [0.4, 0.5) is 5.69 Å². The average Bonchev–Trinajstić information content (AvgIpc) is 2.43. The Balaban J connectivity index is 2.90. The summed E-state index contributed by atoms with van der Waals surface area (Å²) in [6.07, 6.45) is 2.62. The van der Waals surface area contributed by atoms with Crippen LogP contribution >= 0.6 is 22.7 Å². The fourth-order valence-corrected chi connectivity index (χ4v) is 2.90. The number of rotatable bonds is 1. The van der Waals surface area contributed by atoms with Crippen LogP contribution in [0.1, 0.15) is 0 Å². The molecule has 0 spiro atoms. The number of fused-ring (bicyclic) bond motifs is 1. The monoisotopic (exact) mass is 214 g/mol. The minimum Gasteiger partial charge on any atom is -0.265 e. The zero-order valence-electron chi connectivity index (χ0n) is 6.09. The topological polar surface area (TPSA) is 73.1 Å². The molecule has 0 aliphatic heterocycles. The number of hydrogen-bond donors (Lipinski definition) is 0. The highest BCUT2D eigenvalue weighted by molar-refractivity contribution is 7.35. The average molecular weight is 214 g/mol. The summed E-state index contributed by atoms with van der Waals surface area (Å²) in [5.74, 6) is 0. The summed E-state index contributed by atoms with van der Waals surface area (Å²) in [6, 6.07) is 0. The van der Waals surface area contributed by atoms with E-state index in [0.717, 1.165) is 28.9 Å². The van der Waals surface area contributed by atoms with Gasteiger partial charge in [0.2, 0.25) is 0 Å². The summed E-state index contributed by atoms with van der Waals surface area (Å²) in [4.78, 5) is 24.6. The van der Waals surface area contributed by atoms with Gasteiger partial charge in [0.15, 0.2) is 0 Å². The van der Waals surface area contributed by atoms with Crippen molar-refractivity contribution in [2.45, 2.75) is 0 Å². The zero-order valence-corrected chi connectivity index (χ0v) is 7.72. The molecular formula is C6H2N2O3S2. The minimum absolute atomic E-state index is 0.0964. The molecule has 66 valence electrons. The molecule has 0 saturated carbocycles. The lowest BCUT2D eigenvalue weighted by Crippen LogP contribution is -1.88. The van der Waals surface area contributed by atoms with Gasteiger partial charge in [-0.2, -0.15) is 0 Å². The molecular weight excluding hydrogens is 212 g/mol. The minimum atomic E-state index is -0.530. The Morgan fingerprint density at radius 2 is 2.15 bits per heavy atom. The maximum atomic E-state index is 11.0. The van der Waals surface area contributed by atoms with Gasteiger partial charge in [0.1, 0.15) is 10.9 Å². The van der Waals surface area contributed by atoms with Gasteiger partial charge in [0.05, 0.1) is 9.62 Å².